The van der Waals surface area contributed by atoms with Crippen molar-refractivity contribution in [1.29, 1.82) is 0 Å². The van der Waals surface area contributed by atoms with Crippen LogP contribution in [0.2, 0.25) is 0 Å². The van der Waals surface area contributed by atoms with Gasteiger partial charge in [0, 0.05) is 19.0 Å². The molecule has 0 unspecified atom stereocenters. The molecule has 19 heavy (non-hydrogen) atoms. The quantitative estimate of drug-likeness (QED) is 0.829. The van der Waals surface area contributed by atoms with Crippen molar-refractivity contribution in [2.24, 2.45) is 0 Å². The molecule has 2 aromatic rings. The lowest BCUT2D eigenvalue weighted by Crippen LogP contribution is -2.28. The SMILES string of the molecule is CC(=O)N1CCC[C@H]1c1nc(-c2ccccc2)no1. The predicted octanol–water partition coefficient (Wildman–Crippen LogP) is 2.42. The van der Waals surface area contributed by atoms with Crippen LogP contribution >= 0.6 is 0 Å². The molecule has 98 valence electrons. The summed E-state index contributed by atoms with van der Waals surface area (Å²) in [6.07, 6.45) is 1.86. The molecule has 2 heterocycles. The van der Waals surface area contributed by atoms with Gasteiger partial charge in [-0.25, -0.2) is 0 Å². The Bertz CT molecular complexity index is 579. The molecule has 0 N–H and O–H groups in total. The van der Waals surface area contributed by atoms with Gasteiger partial charge >= 0.3 is 0 Å². The van der Waals surface area contributed by atoms with Gasteiger partial charge in [0.15, 0.2) is 0 Å². The van der Waals surface area contributed by atoms with Crippen LogP contribution < -0.4 is 0 Å². The Morgan fingerprint density at radius 2 is 2.16 bits per heavy atom. The molecule has 1 atom stereocenters. The van der Waals surface area contributed by atoms with E-state index < -0.39 is 0 Å². The van der Waals surface area contributed by atoms with Gasteiger partial charge in [-0.05, 0) is 12.8 Å². The van der Waals surface area contributed by atoms with Crippen LogP contribution in [0.25, 0.3) is 11.4 Å². The number of aromatic nitrogens is 2. The van der Waals surface area contributed by atoms with Gasteiger partial charge in [0.25, 0.3) is 0 Å². The van der Waals surface area contributed by atoms with E-state index in [1.54, 1.807) is 11.8 Å². The standard InChI is InChI=1S/C14H15N3O2/c1-10(18)17-9-5-8-12(17)14-15-13(16-19-14)11-6-3-2-4-7-11/h2-4,6-7,12H,5,8-9H2,1H3/t12-/m0/s1. The third-order valence-electron chi connectivity index (χ3n) is 3.42. The lowest BCUT2D eigenvalue weighted by Gasteiger charge is -2.19. The summed E-state index contributed by atoms with van der Waals surface area (Å²) in [7, 11) is 0. The van der Waals surface area contributed by atoms with Crippen molar-refractivity contribution in [3.8, 4) is 11.4 Å². The molecule has 0 spiro atoms. The molecule has 3 rings (SSSR count). The predicted molar refractivity (Wildman–Crippen MR) is 69.1 cm³/mol. The fourth-order valence-corrected chi connectivity index (χ4v) is 2.48. The highest BCUT2D eigenvalue weighted by atomic mass is 16.5. The smallest absolute Gasteiger partial charge is 0.249 e. The van der Waals surface area contributed by atoms with Crippen LogP contribution in [0.3, 0.4) is 0 Å². The lowest BCUT2D eigenvalue weighted by molar-refractivity contribution is -0.130. The number of amides is 1. The second-order valence-electron chi connectivity index (χ2n) is 4.69. The Hall–Kier alpha value is -2.17. The third kappa shape index (κ3) is 2.23. The van der Waals surface area contributed by atoms with E-state index in [2.05, 4.69) is 10.1 Å². The molecule has 0 radical (unpaired) electrons. The average Bonchev–Trinajstić information content (AvgIpc) is 3.08. The molecule has 1 amide bonds. The Labute approximate surface area is 111 Å². The van der Waals surface area contributed by atoms with Crippen molar-refractivity contribution in [2.45, 2.75) is 25.8 Å². The van der Waals surface area contributed by atoms with Crippen molar-refractivity contribution >= 4 is 5.91 Å². The summed E-state index contributed by atoms with van der Waals surface area (Å²) in [5.74, 6) is 1.17. The number of carbonyl (C=O) groups is 1. The van der Waals surface area contributed by atoms with E-state index in [0.29, 0.717) is 11.7 Å². The van der Waals surface area contributed by atoms with Gasteiger partial charge in [-0.3, -0.25) is 4.79 Å². The van der Waals surface area contributed by atoms with E-state index in [4.69, 9.17) is 4.52 Å². The molecule has 1 aliphatic rings. The van der Waals surface area contributed by atoms with E-state index in [-0.39, 0.29) is 11.9 Å². The summed E-state index contributed by atoms with van der Waals surface area (Å²) >= 11 is 0. The molecule has 5 nitrogen and oxygen atoms in total. The van der Waals surface area contributed by atoms with Crippen LogP contribution in [0.5, 0.6) is 0 Å². The zero-order valence-electron chi connectivity index (χ0n) is 10.7. The van der Waals surface area contributed by atoms with Crippen molar-refractivity contribution in [3.63, 3.8) is 0 Å². The summed E-state index contributed by atoms with van der Waals surface area (Å²) in [4.78, 5) is 17.8. The molecule has 1 aromatic carbocycles. The molecule has 5 heteroatoms. The highest BCUT2D eigenvalue weighted by Crippen LogP contribution is 2.31. The average molecular weight is 257 g/mol. The molecule has 1 saturated heterocycles. The van der Waals surface area contributed by atoms with Crippen LogP contribution in [-0.2, 0) is 4.79 Å². The minimum absolute atomic E-state index is 0.0574. The fraction of sp³-hybridized carbons (Fsp3) is 0.357. The molecule has 0 bridgehead atoms. The number of nitrogens with zero attached hydrogens (tertiary/aromatic N) is 3. The van der Waals surface area contributed by atoms with Crippen molar-refractivity contribution in [1.82, 2.24) is 15.0 Å². The zero-order valence-corrected chi connectivity index (χ0v) is 10.7. The fourth-order valence-electron chi connectivity index (χ4n) is 2.48. The Morgan fingerprint density at radius 3 is 2.89 bits per heavy atom. The van der Waals surface area contributed by atoms with Crippen LogP contribution in [0.15, 0.2) is 34.9 Å². The van der Waals surface area contributed by atoms with Gasteiger partial charge in [0.05, 0.1) is 0 Å². The third-order valence-corrected chi connectivity index (χ3v) is 3.42. The number of hydrogen-bond donors (Lipinski definition) is 0. The van der Waals surface area contributed by atoms with E-state index in [9.17, 15) is 4.79 Å². The second kappa shape index (κ2) is 4.84. The highest BCUT2D eigenvalue weighted by Gasteiger charge is 2.32. The molecule has 1 fully saturated rings. The monoisotopic (exact) mass is 257 g/mol. The van der Waals surface area contributed by atoms with Gasteiger partial charge in [-0.1, -0.05) is 35.5 Å². The summed E-state index contributed by atoms with van der Waals surface area (Å²) in [5.41, 5.74) is 0.921. The minimum Gasteiger partial charge on any atom is -0.337 e. The molecule has 0 aliphatic carbocycles. The zero-order chi connectivity index (χ0) is 13.2. The number of hydrogen-bond acceptors (Lipinski definition) is 4. The number of likely N-dealkylation sites (tertiary alicyclic amines) is 1. The molecule has 1 aliphatic heterocycles. The highest BCUT2D eigenvalue weighted by molar-refractivity contribution is 5.74. The largest absolute Gasteiger partial charge is 0.337 e. The number of carbonyl (C=O) groups excluding carboxylic acids is 1. The first-order chi connectivity index (χ1) is 9.25. The number of benzene rings is 1. The molecular formula is C14H15N3O2. The second-order valence-corrected chi connectivity index (χ2v) is 4.69. The van der Waals surface area contributed by atoms with Crippen LogP contribution in [0.4, 0.5) is 0 Å². The summed E-state index contributed by atoms with van der Waals surface area (Å²) in [6.45, 7) is 2.34. The Morgan fingerprint density at radius 1 is 1.37 bits per heavy atom. The van der Waals surface area contributed by atoms with Gasteiger partial charge in [0.2, 0.25) is 17.6 Å². The summed E-state index contributed by atoms with van der Waals surface area (Å²) < 4.78 is 5.33. The van der Waals surface area contributed by atoms with E-state index in [1.165, 1.54) is 0 Å². The van der Waals surface area contributed by atoms with Gasteiger partial charge in [-0.15, -0.1) is 0 Å². The Kier molecular flexibility index (Phi) is 3.03. The maximum atomic E-state index is 11.5. The summed E-state index contributed by atoms with van der Waals surface area (Å²) in [6, 6.07) is 9.62. The van der Waals surface area contributed by atoms with Crippen LogP contribution in [-0.4, -0.2) is 27.5 Å². The minimum atomic E-state index is -0.0672. The first-order valence-corrected chi connectivity index (χ1v) is 6.42. The van der Waals surface area contributed by atoms with E-state index >= 15 is 0 Å². The van der Waals surface area contributed by atoms with Gasteiger partial charge in [0.1, 0.15) is 6.04 Å². The van der Waals surface area contributed by atoms with Crippen LogP contribution in [0.1, 0.15) is 31.7 Å². The van der Waals surface area contributed by atoms with Crippen molar-refractivity contribution in [3.05, 3.63) is 36.2 Å². The van der Waals surface area contributed by atoms with Crippen molar-refractivity contribution < 1.29 is 9.32 Å². The molecule has 0 saturated carbocycles. The summed E-state index contributed by atoms with van der Waals surface area (Å²) in [5, 5.41) is 4.00. The van der Waals surface area contributed by atoms with E-state index in [1.807, 2.05) is 30.3 Å². The van der Waals surface area contributed by atoms with E-state index in [0.717, 1.165) is 24.9 Å². The first-order valence-electron chi connectivity index (χ1n) is 6.42. The topological polar surface area (TPSA) is 59.2 Å². The normalized spacial score (nSPS) is 18.8. The van der Waals surface area contributed by atoms with Gasteiger partial charge < -0.3 is 9.42 Å². The maximum Gasteiger partial charge on any atom is 0.249 e. The lowest BCUT2D eigenvalue weighted by atomic mass is 10.2. The first kappa shape index (κ1) is 11.9. The van der Waals surface area contributed by atoms with Crippen molar-refractivity contribution in [2.75, 3.05) is 6.54 Å². The van der Waals surface area contributed by atoms with Crippen LogP contribution in [0, 0.1) is 0 Å². The van der Waals surface area contributed by atoms with Gasteiger partial charge in [-0.2, -0.15) is 4.98 Å². The molecule has 1 aromatic heterocycles. The Balaban J connectivity index is 1.87. The molecular weight excluding hydrogens is 242 g/mol. The number of rotatable bonds is 2. The maximum absolute atomic E-state index is 11.5.